The highest BCUT2D eigenvalue weighted by molar-refractivity contribution is 5.88. The summed E-state index contributed by atoms with van der Waals surface area (Å²) in [6.07, 6.45) is 1.39. The Labute approximate surface area is 119 Å². The van der Waals surface area contributed by atoms with Gasteiger partial charge in [0.25, 0.3) is 0 Å². The van der Waals surface area contributed by atoms with E-state index in [1.54, 1.807) is 31.2 Å². The average molecular weight is 278 g/mol. The first kappa shape index (κ1) is 16.2. The summed E-state index contributed by atoms with van der Waals surface area (Å²) in [4.78, 5) is 24.0. The second-order valence-corrected chi connectivity index (χ2v) is 4.50. The molecule has 0 aliphatic carbocycles. The minimum absolute atomic E-state index is 0.263. The molecule has 1 amide bonds. The van der Waals surface area contributed by atoms with Crippen molar-refractivity contribution >= 4 is 11.9 Å². The summed E-state index contributed by atoms with van der Waals surface area (Å²) in [7, 11) is 0. The monoisotopic (exact) mass is 278 g/mol. The first-order valence-corrected chi connectivity index (χ1v) is 6.87. The number of hydrogen-bond donors (Lipinski definition) is 2. The molecule has 0 saturated carbocycles. The second kappa shape index (κ2) is 8.32. The number of benzene rings is 1. The predicted octanol–water partition coefficient (Wildman–Crippen LogP) is 1.53. The van der Waals surface area contributed by atoms with Crippen LogP contribution in [0.15, 0.2) is 30.3 Å². The molecule has 0 aromatic heterocycles. The average Bonchev–Trinajstić information content (AvgIpc) is 2.45. The molecule has 1 aromatic rings. The summed E-state index contributed by atoms with van der Waals surface area (Å²) in [5.74, 6) is -0.815. The number of amides is 1. The number of nitrogens with one attached hydrogen (secondary N) is 1. The summed E-state index contributed by atoms with van der Waals surface area (Å²) >= 11 is 0. The zero-order valence-electron chi connectivity index (χ0n) is 12.0. The van der Waals surface area contributed by atoms with Gasteiger partial charge in [-0.25, -0.2) is 4.79 Å². The van der Waals surface area contributed by atoms with Crippen molar-refractivity contribution in [2.45, 2.75) is 38.8 Å². The summed E-state index contributed by atoms with van der Waals surface area (Å²) in [6, 6.07) is 7.57. The highest BCUT2D eigenvalue weighted by Gasteiger charge is 2.25. The molecule has 1 rings (SSSR count). The number of rotatable bonds is 7. The Kier molecular flexibility index (Phi) is 6.73. The van der Waals surface area contributed by atoms with Gasteiger partial charge in [-0.1, -0.05) is 43.7 Å². The van der Waals surface area contributed by atoms with Crippen LogP contribution in [0.2, 0.25) is 0 Å². The summed E-state index contributed by atoms with van der Waals surface area (Å²) < 4.78 is 5.00. The van der Waals surface area contributed by atoms with Crippen molar-refractivity contribution in [3.05, 3.63) is 35.9 Å². The van der Waals surface area contributed by atoms with Crippen molar-refractivity contribution in [1.82, 2.24) is 5.32 Å². The van der Waals surface area contributed by atoms with E-state index in [1.165, 1.54) is 0 Å². The molecule has 1 unspecified atom stereocenters. The molecular formula is C15H22N2O3. The van der Waals surface area contributed by atoms with Crippen LogP contribution in [0.1, 0.15) is 38.3 Å². The van der Waals surface area contributed by atoms with Crippen LogP contribution in [0.4, 0.5) is 0 Å². The van der Waals surface area contributed by atoms with E-state index >= 15 is 0 Å². The van der Waals surface area contributed by atoms with Crippen molar-refractivity contribution in [2.24, 2.45) is 5.73 Å². The molecule has 20 heavy (non-hydrogen) atoms. The van der Waals surface area contributed by atoms with Crippen LogP contribution in [-0.2, 0) is 14.3 Å². The summed E-state index contributed by atoms with van der Waals surface area (Å²) in [5.41, 5.74) is 6.45. The Hall–Kier alpha value is -1.88. The van der Waals surface area contributed by atoms with Crippen LogP contribution in [0.5, 0.6) is 0 Å². The predicted molar refractivity (Wildman–Crippen MR) is 76.8 cm³/mol. The Balaban J connectivity index is 2.84. The van der Waals surface area contributed by atoms with E-state index in [4.69, 9.17) is 10.5 Å². The molecular weight excluding hydrogens is 256 g/mol. The summed E-state index contributed by atoms with van der Waals surface area (Å²) in [5, 5.41) is 2.66. The minimum atomic E-state index is -0.813. The van der Waals surface area contributed by atoms with Crippen molar-refractivity contribution < 1.29 is 14.3 Å². The van der Waals surface area contributed by atoms with Crippen molar-refractivity contribution in [3.63, 3.8) is 0 Å². The standard InChI is InChI=1S/C15H22N2O3/c1-3-8-12(16)14(18)17-13(15(19)20-4-2)11-9-6-5-7-10-11/h5-7,9-10,12-13H,3-4,8,16H2,1-2H3,(H,17,18)/t12?,13-/m1/s1. The highest BCUT2D eigenvalue weighted by Crippen LogP contribution is 2.14. The molecule has 0 spiro atoms. The molecule has 3 N–H and O–H groups in total. The van der Waals surface area contributed by atoms with E-state index in [0.717, 1.165) is 6.42 Å². The smallest absolute Gasteiger partial charge is 0.333 e. The number of carbonyl (C=O) groups is 2. The van der Waals surface area contributed by atoms with Crippen LogP contribution in [0, 0.1) is 0 Å². The first-order chi connectivity index (χ1) is 9.60. The minimum Gasteiger partial charge on any atom is -0.464 e. The van der Waals surface area contributed by atoms with Crippen molar-refractivity contribution in [3.8, 4) is 0 Å². The third kappa shape index (κ3) is 4.66. The third-order valence-corrected chi connectivity index (χ3v) is 2.88. The lowest BCUT2D eigenvalue weighted by atomic mass is 10.1. The van der Waals surface area contributed by atoms with Gasteiger partial charge in [-0.3, -0.25) is 4.79 Å². The lowest BCUT2D eigenvalue weighted by Gasteiger charge is -2.19. The molecule has 0 aliphatic heterocycles. The lowest BCUT2D eigenvalue weighted by molar-refractivity contribution is -0.147. The Morgan fingerprint density at radius 2 is 1.90 bits per heavy atom. The van der Waals surface area contributed by atoms with Gasteiger partial charge in [0.05, 0.1) is 12.6 Å². The van der Waals surface area contributed by atoms with Crippen LogP contribution in [0.3, 0.4) is 0 Å². The molecule has 5 heteroatoms. The zero-order valence-corrected chi connectivity index (χ0v) is 12.0. The van der Waals surface area contributed by atoms with Gasteiger partial charge >= 0.3 is 5.97 Å². The van der Waals surface area contributed by atoms with E-state index < -0.39 is 18.1 Å². The molecule has 1 aromatic carbocycles. The SMILES string of the molecule is CCCC(N)C(=O)N[C@@H](C(=O)OCC)c1ccccc1. The van der Waals surface area contributed by atoms with Crippen molar-refractivity contribution in [1.29, 1.82) is 0 Å². The molecule has 0 saturated heterocycles. The van der Waals surface area contributed by atoms with Gasteiger partial charge in [0.15, 0.2) is 6.04 Å². The fourth-order valence-corrected chi connectivity index (χ4v) is 1.84. The van der Waals surface area contributed by atoms with Gasteiger partial charge in [0.2, 0.25) is 5.91 Å². The van der Waals surface area contributed by atoms with Crippen LogP contribution in [0.25, 0.3) is 0 Å². The quantitative estimate of drug-likeness (QED) is 0.741. The molecule has 0 radical (unpaired) electrons. The molecule has 0 bridgehead atoms. The lowest BCUT2D eigenvalue weighted by Crippen LogP contribution is -2.44. The van der Waals surface area contributed by atoms with E-state index in [-0.39, 0.29) is 12.5 Å². The van der Waals surface area contributed by atoms with Gasteiger partial charge in [0.1, 0.15) is 0 Å². The topological polar surface area (TPSA) is 81.4 Å². The van der Waals surface area contributed by atoms with Gasteiger partial charge < -0.3 is 15.8 Å². The van der Waals surface area contributed by atoms with Gasteiger partial charge in [0, 0.05) is 0 Å². The van der Waals surface area contributed by atoms with Crippen molar-refractivity contribution in [2.75, 3.05) is 6.61 Å². The maximum atomic E-state index is 12.0. The largest absolute Gasteiger partial charge is 0.464 e. The van der Waals surface area contributed by atoms with E-state index in [9.17, 15) is 9.59 Å². The number of ether oxygens (including phenoxy) is 1. The van der Waals surface area contributed by atoms with Crippen LogP contribution < -0.4 is 11.1 Å². The highest BCUT2D eigenvalue weighted by atomic mass is 16.5. The number of hydrogen-bond acceptors (Lipinski definition) is 4. The van der Waals surface area contributed by atoms with E-state index in [0.29, 0.717) is 12.0 Å². The Morgan fingerprint density at radius 3 is 2.45 bits per heavy atom. The molecule has 0 heterocycles. The second-order valence-electron chi connectivity index (χ2n) is 4.50. The molecule has 0 aliphatic rings. The fourth-order valence-electron chi connectivity index (χ4n) is 1.84. The third-order valence-electron chi connectivity index (χ3n) is 2.88. The molecule has 2 atom stereocenters. The maximum absolute atomic E-state index is 12.0. The molecule has 0 fully saturated rings. The van der Waals surface area contributed by atoms with Crippen LogP contribution >= 0.6 is 0 Å². The summed E-state index contributed by atoms with van der Waals surface area (Å²) in [6.45, 7) is 3.94. The number of esters is 1. The molecule has 5 nitrogen and oxygen atoms in total. The van der Waals surface area contributed by atoms with Gasteiger partial charge in [-0.05, 0) is 18.9 Å². The molecule has 110 valence electrons. The van der Waals surface area contributed by atoms with E-state index in [2.05, 4.69) is 5.32 Å². The normalized spacial score (nSPS) is 13.3. The first-order valence-electron chi connectivity index (χ1n) is 6.87. The van der Waals surface area contributed by atoms with Gasteiger partial charge in [-0.15, -0.1) is 0 Å². The fraction of sp³-hybridized carbons (Fsp3) is 0.467. The Morgan fingerprint density at radius 1 is 1.25 bits per heavy atom. The zero-order chi connectivity index (χ0) is 15.0. The van der Waals surface area contributed by atoms with Crippen LogP contribution in [-0.4, -0.2) is 24.5 Å². The number of nitrogens with two attached hydrogens (primary N) is 1. The maximum Gasteiger partial charge on any atom is 0.333 e. The van der Waals surface area contributed by atoms with Gasteiger partial charge in [-0.2, -0.15) is 0 Å². The Bertz CT molecular complexity index is 434. The van der Waals surface area contributed by atoms with E-state index in [1.807, 2.05) is 13.0 Å². The number of carbonyl (C=O) groups excluding carboxylic acids is 2.